The second-order valence-electron chi connectivity index (χ2n) is 4.08. The summed E-state index contributed by atoms with van der Waals surface area (Å²) in [7, 11) is 0. The Hall–Kier alpha value is -1.00. The Labute approximate surface area is 95.7 Å². The Morgan fingerprint density at radius 1 is 1.56 bits per heavy atom. The molecule has 16 heavy (non-hydrogen) atoms. The summed E-state index contributed by atoms with van der Waals surface area (Å²) in [6.07, 6.45) is 4.00. The van der Waals surface area contributed by atoms with Crippen molar-refractivity contribution in [2.45, 2.75) is 38.6 Å². The first-order chi connectivity index (χ1) is 7.76. The predicted molar refractivity (Wildman–Crippen MR) is 58.3 cm³/mol. The highest BCUT2D eigenvalue weighted by Crippen LogP contribution is 2.34. The van der Waals surface area contributed by atoms with Crippen molar-refractivity contribution in [3.05, 3.63) is 24.7 Å². The van der Waals surface area contributed by atoms with Gasteiger partial charge < -0.3 is 9.47 Å². The van der Waals surface area contributed by atoms with Gasteiger partial charge in [-0.3, -0.25) is 0 Å². The molecule has 4 atom stereocenters. The number of hydrogen-bond donors (Lipinski definition) is 0. The lowest BCUT2D eigenvalue weighted by Crippen LogP contribution is -2.28. The molecule has 0 aromatic carbocycles. The fraction of sp³-hybridized carbons (Fsp3) is 0.667. The van der Waals surface area contributed by atoms with E-state index in [4.69, 9.17) is 19.2 Å². The SMILES string of the molecule is C=CO[C@H]1C[C@@H]2OO[C@@H](C=C2OCC)[C@H]1C. The van der Waals surface area contributed by atoms with Gasteiger partial charge >= 0.3 is 0 Å². The average Bonchev–Trinajstić information content (AvgIpc) is 2.49. The van der Waals surface area contributed by atoms with Crippen LogP contribution in [0.25, 0.3) is 0 Å². The minimum absolute atomic E-state index is 0.0595. The molecule has 0 aromatic rings. The van der Waals surface area contributed by atoms with Crippen molar-refractivity contribution in [1.29, 1.82) is 0 Å². The Bertz CT molecular complexity index is 287. The van der Waals surface area contributed by atoms with Crippen molar-refractivity contribution >= 4 is 0 Å². The summed E-state index contributed by atoms with van der Waals surface area (Å²) < 4.78 is 11.0. The standard InChI is InChI=1S/C12H18O4/c1-4-13-9-6-12-11(14-5-2)7-10(8(9)3)15-16-12/h4,7-10,12H,1,5-6H2,2-3H3/t8-,9-,10-,12-/m0/s1. The maximum absolute atomic E-state index is 5.55. The van der Waals surface area contributed by atoms with Crippen molar-refractivity contribution in [2.75, 3.05) is 6.61 Å². The summed E-state index contributed by atoms with van der Waals surface area (Å²) in [5.41, 5.74) is 0. The largest absolute Gasteiger partial charge is 0.498 e. The van der Waals surface area contributed by atoms with E-state index in [2.05, 4.69) is 13.5 Å². The summed E-state index contributed by atoms with van der Waals surface area (Å²) in [5, 5.41) is 0. The van der Waals surface area contributed by atoms with E-state index in [-0.39, 0.29) is 24.2 Å². The Morgan fingerprint density at radius 2 is 2.38 bits per heavy atom. The van der Waals surface area contributed by atoms with E-state index < -0.39 is 0 Å². The van der Waals surface area contributed by atoms with Crippen LogP contribution in [0.3, 0.4) is 0 Å². The molecule has 3 aliphatic rings. The van der Waals surface area contributed by atoms with Crippen LogP contribution >= 0.6 is 0 Å². The molecule has 0 spiro atoms. The molecule has 0 radical (unpaired) electrons. The molecule has 2 bridgehead atoms. The van der Waals surface area contributed by atoms with E-state index in [9.17, 15) is 0 Å². The predicted octanol–water partition coefficient (Wildman–Crippen LogP) is 2.17. The van der Waals surface area contributed by atoms with Gasteiger partial charge in [0.25, 0.3) is 0 Å². The average molecular weight is 226 g/mol. The highest BCUT2D eigenvalue weighted by Gasteiger charge is 2.40. The lowest BCUT2D eigenvalue weighted by Gasteiger charge is -2.24. The summed E-state index contributed by atoms with van der Waals surface area (Å²) in [5.74, 6) is 1.08. The molecular weight excluding hydrogens is 208 g/mol. The smallest absolute Gasteiger partial charge is 0.153 e. The van der Waals surface area contributed by atoms with Crippen LogP contribution in [0.2, 0.25) is 0 Å². The number of fused-ring (bicyclic) bond motifs is 3. The zero-order valence-electron chi connectivity index (χ0n) is 9.72. The van der Waals surface area contributed by atoms with Gasteiger partial charge in [-0.1, -0.05) is 13.5 Å². The number of hydrogen-bond acceptors (Lipinski definition) is 4. The lowest BCUT2D eigenvalue weighted by atomic mass is 9.97. The molecule has 1 saturated heterocycles. The third kappa shape index (κ3) is 2.08. The summed E-state index contributed by atoms with van der Waals surface area (Å²) in [6.45, 7) is 8.27. The van der Waals surface area contributed by atoms with Gasteiger partial charge in [0.15, 0.2) is 6.10 Å². The first kappa shape index (κ1) is 11.5. The van der Waals surface area contributed by atoms with Gasteiger partial charge in [-0.2, -0.15) is 0 Å². The quantitative estimate of drug-likeness (QED) is 0.544. The zero-order valence-corrected chi connectivity index (χ0v) is 9.72. The summed E-state index contributed by atoms with van der Waals surface area (Å²) >= 11 is 0. The lowest BCUT2D eigenvalue weighted by molar-refractivity contribution is -0.346. The first-order valence-corrected chi connectivity index (χ1v) is 5.69. The van der Waals surface area contributed by atoms with Crippen molar-refractivity contribution in [3.8, 4) is 0 Å². The first-order valence-electron chi connectivity index (χ1n) is 5.69. The van der Waals surface area contributed by atoms with Crippen LogP contribution in [0.15, 0.2) is 24.7 Å². The minimum Gasteiger partial charge on any atom is -0.498 e. The molecule has 4 heteroatoms. The third-order valence-electron chi connectivity index (χ3n) is 3.06. The molecular formula is C12H18O4. The van der Waals surface area contributed by atoms with Crippen LogP contribution in [0.5, 0.6) is 0 Å². The van der Waals surface area contributed by atoms with E-state index >= 15 is 0 Å². The van der Waals surface area contributed by atoms with Crippen LogP contribution in [-0.4, -0.2) is 24.9 Å². The summed E-state index contributed by atoms with van der Waals surface area (Å²) in [6, 6.07) is 0. The van der Waals surface area contributed by atoms with Crippen LogP contribution in [0.4, 0.5) is 0 Å². The number of ether oxygens (including phenoxy) is 2. The van der Waals surface area contributed by atoms with Gasteiger partial charge in [0, 0.05) is 12.3 Å². The Morgan fingerprint density at radius 3 is 3.06 bits per heavy atom. The molecule has 0 amide bonds. The molecule has 2 heterocycles. The maximum Gasteiger partial charge on any atom is 0.153 e. The van der Waals surface area contributed by atoms with E-state index in [0.717, 1.165) is 12.2 Å². The molecule has 1 fully saturated rings. The van der Waals surface area contributed by atoms with E-state index in [1.807, 2.05) is 13.0 Å². The summed E-state index contributed by atoms with van der Waals surface area (Å²) in [4.78, 5) is 10.6. The second kappa shape index (κ2) is 4.89. The molecule has 3 rings (SSSR count). The fourth-order valence-corrected chi connectivity index (χ4v) is 2.12. The molecule has 90 valence electrons. The zero-order chi connectivity index (χ0) is 11.5. The molecule has 0 N–H and O–H groups in total. The van der Waals surface area contributed by atoms with Crippen molar-refractivity contribution < 1.29 is 19.2 Å². The molecule has 2 aliphatic heterocycles. The van der Waals surface area contributed by atoms with Gasteiger partial charge in [0.05, 0.1) is 12.9 Å². The third-order valence-corrected chi connectivity index (χ3v) is 3.06. The van der Waals surface area contributed by atoms with Crippen molar-refractivity contribution in [3.63, 3.8) is 0 Å². The Balaban J connectivity index is 2.15. The van der Waals surface area contributed by atoms with Crippen LogP contribution < -0.4 is 0 Å². The highest BCUT2D eigenvalue weighted by molar-refractivity contribution is 5.11. The van der Waals surface area contributed by atoms with E-state index in [1.54, 1.807) is 0 Å². The molecule has 4 nitrogen and oxygen atoms in total. The van der Waals surface area contributed by atoms with Gasteiger partial charge in [0.1, 0.15) is 18.0 Å². The maximum atomic E-state index is 5.55. The van der Waals surface area contributed by atoms with E-state index in [1.165, 1.54) is 6.26 Å². The molecule has 0 saturated carbocycles. The number of rotatable bonds is 4. The van der Waals surface area contributed by atoms with Gasteiger partial charge in [-0.25, -0.2) is 9.78 Å². The van der Waals surface area contributed by atoms with Gasteiger partial charge in [-0.15, -0.1) is 0 Å². The van der Waals surface area contributed by atoms with Gasteiger partial charge in [0.2, 0.25) is 0 Å². The van der Waals surface area contributed by atoms with E-state index in [0.29, 0.717) is 6.61 Å². The van der Waals surface area contributed by atoms with Crippen LogP contribution in [-0.2, 0) is 19.2 Å². The molecule has 0 aromatic heterocycles. The van der Waals surface area contributed by atoms with Crippen molar-refractivity contribution in [2.24, 2.45) is 5.92 Å². The monoisotopic (exact) mass is 226 g/mol. The van der Waals surface area contributed by atoms with Crippen LogP contribution in [0, 0.1) is 5.92 Å². The fourth-order valence-electron chi connectivity index (χ4n) is 2.12. The topological polar surface area (TPSA) is 36.9 Å². The van der Waals surface area contributed by atoms with Crippen LogP contribution in [0.1, 0.15) is 20.3 Å². The van der Waals surface area contributed by atoms with Gasteiger partial charge in [-0.05, 0) is 13.0 Å². The normalized spacial score (nSPS) is 37.5. The minimum atomic E-state index is -0.161. The molecule has 1 aliphatic carbocycles. The highest BCUT2D eigenvalue weighted by atomic mass is 17.2. The van der Waals surface area contributed by atoms with Crippen molar-refractivity contribution in [1.82, 2.24) is 0 Å². The molecule has 0 unspecified atom stereocenters. The Kier molecular flexibility index (Phi) is 3.51. The second-order valence-corrected chi connectivity index (χ2v) is 4.08.